The first-order valence-electron chi connectivity index (χ1n) is 11.0. The van der Waals surface area contributed by atoms with Crippen LogP contribution in [0.5, 0.6) is 0 Å². The van der Waals surface area contributed by atoms with Crippen molar-refractivity contribution in [3.63, 3.8) is 0 Å². The van der Waals surface area contributed by atoms with E-state index in [1.54, 1.807) is 6.33 Å². The van der Waals surface area contributed by atoms with Crippen LogP contribution in [0.3, 0.4) is 0 Å². The predicted octanol–water partition coefficient (Wildman–Crippen LogP) is 5.43. The van der Waals surface area contributed by atoms with Crippen LogP contribution in [0.4, 0.5) is 11.5 Å². The highest BCUT2D eigenvalue weighted by molar-refractivity contribution is 5.92. The van der Waals surface area contributed by atoms with Crippen molar-refractivity contribution in [2.24, 2.45) is 5.92 Å². The van der Waals surface area contributed by atoms with Gasteiger partial charge in [0.25, 0.3) is 0 Å². The Morgan fingerprint density at radius 1 is 1.03 bits per heavy atom. The molecule has 1 fully saturated rings. The average Bonchev–Trinajstić information content (AvgIpc) is 2.79. The van der Waals surface area contributed by atoms with E-state index in [0.717, 1.165) is 48.7 Å². The van der Waals surface area contributed by atoms with Crippen molar-refractivity contribution in [3.8, 4) is 11.3 Å². The maximum Gasteiger partial charge on any atom is 0.227 e. The fourth-order valence-corrected chi connectivity index (χ4v) is 4.05. The van der Waals surface area contributed by atoms with Gasteiger partial charge < -0.3 is 10.2 Å². The van der Waals surface area contributed by atoms with Crippen LogP contribution < -0.4 is 10.2 Å². The van der Waals surface area contributed by atoms with Gasteiger partial charge in [0.2, 0.25) is 5.91 Å². The van der Waals surface area contributed by atoms with Crippen molar-refractivity contribution in [2.75, 3.05) is 23.3 Å². The number of nitrogens with one attached hydrogen (secondary N) is 1. The lowest BCUT2D eigenvalue weighted by Crippen LogP contribution is -2.38. The van der Waals surface area contributed by atoms with Gasteiger partial charge in [-0.3, -0.25) is 4.79 Å². The molecule has 0 bridgehead atoms. The zero-order valence-corrected chi connectivity index (χ0v) is 18.5. The summed E-state index contributed by atoms with van der Waals surface area (Å²) in [5, 5.41) is 3.09. The molecule has 0 radical (unpaired) electrons. The monoisotopic (exact) mass is 414 g/mol. The number of benzene rings is 2. The molecule has 1 amide bonds. The third kappa shape index (κ3) is 5.10. The smallest absolute Gasteiger partial charge is 0.227 e. The summed E-state index contributed by atoms with van der Waals surface area (Å²) in [5.74, 6) is 1.55. The third-order valence-corrected chi connectivity index (χ3v) is 6.00. The average molecular weight is 415 g/mol. The number of anilines is 2. The van der Waals surface area contributed by atoms with Crippen LogP contribution in [0.2, 0.25) is 0 Å². The van der Waals surface area contributed by atoms with Gasteiger partial charge in [-0.2, -0.15) is 0 Å². The molecular formula is C26H30N4O. The van der Waals surface area contributed by atoms with Gasteiger partial charge in [0.15, 0.2) is 0 Å². The summed E-state index contributed by atoms with van der Waals surface area (Å²) in [6.45, 7) is 8.05. The molecule has 160 valence electrons. The lowest BCUT2D eigenvalue weighted by molar-refractivity contribution is -0.120. The van der Waals surface area contributed by atoms with Crippen LogP contribution in [0.15, 0.2) is 60.9 Å². The molecule has 1 aliphatic rings. The number of rotatable bonds is 5. The number of hydrogen-bond donors (Lipinski definition) is 1. The first-order chi connectivity index (χ1) is 15.0. The number of nitrogens with zero attached hydrogens (tertiary/aromatic N) is 3. The van der Waals surface area contributed by atoms with Gasteiger partial charge in [-0.25, -0.2) is 9.97 Å². The summed E-state index contributed by atoms with van der Waals surface area (Å²) in [6.07, 6.45) is 3.27. The SMILES string of the molecule is Cc1cccc(-c2cc(N3CCC(C(=O)Nc4ccc(C(C)C)cc4)CC3)ncn2)c1. The molecule has 2 aromatic carbocycles. The first kappa shape index (κ1) is 21.0. The molecule has 0 saturated carbocycles. The Bertz CT molecular complexity index is 1040. The Labute approximate surface area is 184 Å². The number of piperidine rings is 1. The molecule has 3 aromatic rings. The summed E-state index contributed by atoms with van der Waals surface area (Å²) in [7, 11) is 0. The highest BCUT2D eigenvalue weighted by atomic mass is 16.1. The minimum Gasteiger partial charge on any atom is -0.356 e. The number of carbonyl (C=O) groups is 1. The van der Waals surface area contributed by atoms with Gasteiger partial charge in [-0.15, -0.1) is 0 Å². The molecule has 1 aliphatic heterocycles. The fourth-order valence-electron chi connectivity index (χ4n) is 4.05. The number of hydrogen-bond acceptors (Lipinski definition) is 4. The Morgan fingerprint density at radius 3 is 2.45 bits per heavy atom. The Morgan fingerprint density at radius 2 is 1.77 bits per heavy atom. The molecule has 31 heavy (non-hydrogen) atoms. The van der Waals surface area contributed by atoms with Crippen LogP contribution in [0.25, 0.3) is 11.3 Å². The molecule has 1 saturated heterocycles. The normalized spacial score (nSPS) is 14.6. The van der Waals surface area contributed by atoms with Gasteiger partial charge >= 0.3 is 0 Å². The lowest BCUT2D eigenvalue weighted by Gasteiger charge is -2.32. The highest BCUT2D eigenvalue weighted by Crippen LogP contribution is 2.26. The molecule has 0 spiro atoms. The van der Waals surface area contributed by atoms with E-state index in [-0.39, 0.29) is 11.8 Å². The van der Waals surface area contributed by atoms with Crippen molar-refractivity contribution >= 4 is 17.4 Å². The summed E-state index contributed by atoms with van der Waals surface area (Å²) in [6, 6.07) is 18.6. The first-order valence-corrected chi connectivity index (χ1v) is 11.0. The van der Waals surface area contributed by atoms with Crippen LogP contribution in [-0.2, 0) is 4.79 Å². The van der Waals surface area contributed by atoms with Crippen LogP contribution >= 0.6 is 0 Å². The standard InChI is InChI=1S/C26H30N4O/c1-18(2)20-7-9-23(10-8-20)29-26(31)21-11-13-30(14-12-21)25-16-24(27-17-28-25)22-6-4-5-19(3)15-22/h4-10,15-18,21H,11-14H2,1-3H3,(H,29,31). The summed E-state index contributed by atoms with van der Waals surface area (Å²) >= 11 is 0. The number of carbonyl (C=O) groups excluding carboxylic acids is 1. The fraction of sp³-hybridized carbons (Fsp3) is 0.346. The van der Waals surface area contributed by atoms with Crippen molar-refractivity contribution in [3.05, 3.63) is 72.1 Å². The topological polar surface area (TPSA) is 58.1 Å². The quantitative estimate of drug-likeness (QED) is 0.605. The minimum atomic E-state index is 0.0269. The largest absolute Gasteiger partial charge is 0.356 e. The van der Waals surface area contributed by atoms with Gasteiger partial charge in [0, 0.05) is 36.3 Å². The molecule has 1 N–H and O–H groups in total. The third-order valence-electron chi connectivity index (χ3n) is 6.00. The molecule has 0 unspecified atom stereocenters. The maximum absolute atomic E-state index is 12.7. The summed E-state index contributed by atoms with van der Waals surface area (Å²) in [4.78, 5) is 23.9. The van der Waals surface area contributed by atoms with Crippen molar-refractivity contribution in [1.82, 2.24) is 9.97 Å². The summed E-state index contributed by atoms with van der Waals surface area (Å²) in [5.41, 5.74) is 5.39. The second-order valence-corrected chi connectivity index (χ2v) is 8.66. The summed E-state index contributed by atoms with van der Waals surface area (Å²) < 4.78 is 0. The molecule has 0 aliphatic carbocycles. The van der Waals surface area contributed by atoms with E-state index in [2.05, 4.69) is 71.3 Å². The molecular weight excluding hydrogens is 384 g/mol. The second-order valence-electron chi connectivity index (χ2n) is 8.66. The number of aryl methyl sites for hydroxylation is 1. The van der Waals surface area contributed by atoms with Crippen LogP contribution in [0.1, 0.15) is 43.7 Å². The molecule has 5 nitrogen and oxygen atoms in total. The van der Waals surface area contributed by atoms with Gasteiger partial charge in [-0.1, -0.05) is 49.7 Å². The van der Waals surface area contributed by atoms with E-state index in [0.29, 0.717) is 5.92 Å². The van der Waals surface area contributed by atoms with E-state index < -0.39 is 0 Å². The van der Waals surface area contributed by atoms with Crippen molar-refractivity contribution < 1.29 is 4.79 Å². The lowest BCUT2D eigenvalue weighted by atomic mass is 9.95. The zero-order valence-electron chi connectivity index (χ0n) is 18.5. The van der Waals surface area contributed by atoms with Gasteiger partial charge in [0.1, 0.15) is 12.1 Å². The molecule has 2 heterocycles. The van der Waals surface area contributed by atoms with E-state index in [9.17, 15) is 4.79 Å². The van der Waals surface area contributed by atoms with E-state index in [1.165, 1.54) is 11.1 Å². The van der Waals surface area contributed by atoms with Crippen molar-refractivity contribution in [1.29, 1.82) is 0 Å². The van der Waals surface area contributed by atoms with Crippen LogP contribution in [-0.4, -0.2) is 29.0 Å². The number of amides is 1. The molecule has 5 heteroatoms. The van der Waals surface area contributed by atoms with E-state index in [1.807, 2.05) is 24.3 Å². The zero-order chi connectivity index (χ0) is 21.8. The van der Waals surface area contributed by atoms with Crippen LogP contribution in [0, 0.1) is 12.8 Å². The Kier molecular flexibility index (Phi) is 6.31. The van der Waals surface area contributed by atoms with Crippen molar-refractivity contribution in [2.45, 2.75) is 39.5 Å². The maximum atomic E-state index is 12.7. The predicted molar refractivity (Wildman–Crippen MR) is 126 cm³/mol. The minimum absolute atomic E-state index is 0.0269. The van der Waals surface area contributed by atoms with E-state index >= 15 is 0 Å². The Balaban J connectivity index is 1.36. The Hall–Kier alpha value is -3.21. The van der Waals surface area contributed by atoms with E-state index in [4.69, 9.17) is 0 Å². The van der Waals surface area contributed by atoms with Gasteiger partial charge in [0.05, 0.1) is 5.69 Å². The molecule has 1 aromatic heterocycles. The molecule has 0 atom stereocenters. The van der Waals surface area contributed by atoms with Gasteiger partial charge in [-0.05, 0) is 49.4 Å². The number of aromatic nitrogens is 2. The highest BCUT2D eigenvalue weighted by Gasteiger charge is 2.26. The molecule has 4 rings (SSSR count). The second kappa shape index (κ2) is 9.29.